The molecule has 0 spiro atoms. The van der Waals surface area contributed by atoms with Gasteiger partial charge in [-0.25, -0.2) is 4.99 Å². The molecule has 0 radical (unpaired) electrons. The van der Waals surface area contributed by atoms with Crippen molar-refractivity contribution in [1.29, 1.82) is 0 Å². The molecule has 0 rings (SSSR count). The summed E-state index contributed by atoms with van der Waals surface area (Å²) in [5.41, 5.74) is 5.25. The van der Waals surface area contributed by atoms with Crippen molar-refractivity contribution in [2.75, 3.05) is 7.11 Å². The first kappa shape index (κ1) is 8.01. The smallest absolute Gasteiger partial charge is 0.111 e. The summed E-state index contributed by atoms with van der Waals surface area (Å²) in [6.45, 7) is 3.53. The molecule has 52 valence electrons. The minimum atomic E-state index is 0.534. The van der Waals surface area contributed by atoms with Crippen LogP contribution in [0.1, 0.15) is 13.8 Å². The van der Waals surface area contributed by atoms with Gasteiger partial charge in [-0.05, 0) is 13.8 Å². The largest absolute Gasteiger partial charge is 0.500 e. The van der Waals surface area contributed by atoms with Crippen molar-refractivity contribution in [3.63, 3.8) is 0 Å². The summed E-state index contributed by atoms with van der Waals surface area (Å²) < 4.78 is 4.80. The van der Waals surface area contributed by atoms with Gasteiger partial charge in [0, 0.05) is 0 Å². The fourth-order valence-electron chi connectivity index (χ4n) is 0.245. The lowest BCUT2D eigenvalue weighted by atomic mass is 10.6. The Morgan fingerprint density at radius 2 is 2.11 bits per heavy atom. The quantitative estimate of drug-likeness (QED) is 0.341. The average molecular weight is 128 g/mol. The summed E-state index contributed by atoms with van der Waals surface area (Å²) in [5.74, 6) is 1.28. The predicted octanol–water partition coefficient (Wildman–Crippen LogP) is 0.871. The molecule has 0 heterocycles. The monoisotopic (exact) mass is 128 g/mol. The number of amidine groups is 1. The minimum absolute atomic E-state index is 0.534. The van der Waals surface area contributed by atoms with Crippen molar-refractivity contribution in [3.8, 4) is 0 Å². The second kappa shape index (κ2) is 3.95. The first-order valence-electron chi connectivity index (χ1n) is 2.67. The lowest BCUT2D eigenvalue weighted by molar-refractivity contribution is 0.292. The Morgan fingerprint density at radius 3 is 2.44 bits per heavy atom. The van der Waals surface area contributed by atoms with E-state index in [2.05, 4.69) is 4.99 Å². The van der Waals surface area contributed by atoms with E-state index in [1.807, 2.05) is 6.92 Å². The molecule has 0 saturated heterocycles. The third-order valence-corrected chi connectivity index (χ3v) is 0.772. The Hall–Kier alpha value is -0.990. The van der Waals surface area contributed by atoms with E-state index in [1.54, 1.807) is 20.2 Å². The first-order valence-corrected chi connectivity index (χ1v) is 2.67. The van der Waals surface area contributed by atoms with Gasteiger partial charge in [-0.1, -0.05) is 0 Å². The van der Waals surface area contributed by atoms with Gasteiger partial charge in [0.15, 0.2) is 0 Å². The van der Waals surface area contributed by atoms with Gasteiger partial charge in [-0.2, -0.15) is 0 Å². The van der Waals surface area contributed by atoms with Gasteiger partial charge in [-0.15, -0.1) is 0 Å². The zero-order valence-corrected chi connectivity index (χ0v) is 6.01. The molecular weight excluding hydrogens is 116 g/mol. The number of rotatable bonds is 2. The number of allylic oxidation sites excluding steroid dienone is 1. The third-order valence-electron chi connectivity index (χ3n) is 0.772. The Kier molecular flexibility index (Phi) is 3.51. The molecule has 0 aliphatic carbocycles. The molecule has 0 aromatic heterocycles. The highest BCUT2D eigenvalue weighted by Crippen LogP contribution is 1.90. The molecule has 0 aliphatic heterocycles. The highest BCUT2D eigenvalue weighted by Gasteiger charge is 1.79. The van der Waals surface area contributed by atoms with Crippen molar-refractivity contribution in [2.45, 2.75) is 13.8 Å². The molecule has 0 amide bonds. The van der Waals surface area contributed by atoms with Crippen LogP contribution in [0.2, 0.25) is 0 Å². The molecule has 3 heteroatoms. The number of nitrogens with two attached hydrogens (primary N) is 1. The average Bonchev–Trinajstić information content (AvgIpc) is 1.83. The van der Waals surface area contributed by atoms with Crippen LogP contribution in [0.5, 0.6) is 0 Å². The van der Waals surface area contributed by atoms with Crippen LogP contribution in [0.3, 0.4) is 0 Å². The standard InChI is InChI=1S/C6H12N2O/c1-5(9-3)4-8-6(2)7/h4H,1-3H3,(H2,7,8)/b5-4-. The molecule has 0 saturated carbocycles. The van der Waals surface area contributed by atoms with Crippen LogP contribution in [0, 0.1) is 0 Å². The molecule has 0 aromatic carbocycles. The lowest BCUT2D eigenvalue weighted by Gasteiger charge is -1.93. The lowest BCUT2D eigenvalue weighted by Crippen LogP contribution is -2.03. The molecule has 9 heavy (non-hydrogen) atoms. The van der Waals surface area contributed by atoms with Crippen LogP contribution in [0.15, 0.2) is 17.0 Å². The second-order valence-electron chi connectivity index (χ2n) is 1.71. The van der Waals surface area contributed by atoms with E-state index in [9.17, 15) is 0 Å². The summed E-state index contributed by atoms with van der Waals surface area (Å²) in [7, 11) is 1.59. The molecule has 0 bridgehead atoms. The first-order chi connectivity index (χ1) is 4.16. The van der Waals surface area contributed by atoms with Crippen LogP contribution >= 0.6 is 0 Å². The molecule has 0 aliphatic rings. The van der Waals surface area contributed by atoms with E-state index in [4.69, 9.17) is 10.5 Å². The summed E-state index contributed by atoms with van der Waals surface area (Å²) >= 11 is 0. The van der Waals surface area contributed by atoms with Crippen molar-refractivity contribution in [1.82, 2.24) is 0 Å². The van der Waals surface area contributed by atoms with Gasteiger partial charge in [0.05, 0.1) is 19.1 Å². The molecular formula is C6H12N2O. The topological polar surface area (TPSA) is 47.6 Å². The SMILES string of the molecule is CO/C(C)=C\N=C(/C)N. The van der Waals surface area contributed by atoms with Gasteiger partial charge in [0.1, 0.15) is 5.76 Å². The molecule has 0 unspecified atom stereocenters. The zero-order chi connectivity index (χ0) is 7.28. The fourth-order valence-corrected chi connectivity index (χ4v) is 0.245. The molecule has 2 N–H and O–H groups in total. The van der Waals surface area contributed by atoms with Crippen molar-refractivity contribution in [3.05, 3.63) is 12.0 Å². The Morgan fingerprint density at radius 1 is 1.56 bits per heavy atom. The van der Waals surface area contributed by atoms with E-state index in [0.29, 0.717) is 5.84 Å². The molecule has 0 fully saturated rings. The summed E-state index contributed by atoms with van der Waals surface area (Å²) in [4.78, 5) is 3.80. The number of hydrogen-bond acceptors (Lipinski definition) is 2. The van der Waals surface area contributed by atoms with E-state index in [1.165, 1.54) is 0 Å². The van der Waals surface area contributed by atoms with E-state index in [-0.39, 0.29) is 0 Å². The van der Waals surface area contributed by atoms with E-state index >= 15 is 0 Å². The Bertz CT molecular complexity index is 134. The fraction of sp³-hybridized carbons (Fsp3) is 0.500. The number of methoxy groups -OCH3 is 1. The van der Waals surface area contributed by atoms with Crippen molar-refractivity contribution < 1.29 is 4.74 Å². The van der Waals surface area contributed by atoms with Gasteiger partial charge >= 0.3 is 0 Å². The minimum Gasteiger partial charge on any atom is -0.500 e. The second-order valence-corrected chi connectivity index (χ2v) is 1.71. The number of ether oxygens (including phenoxy) is 1. The molecule has 0 aromatic rings. The van der Waals surface area contributed by atoms with E-state index in [0.717, 1.165) is 5.76 Å². The maximum atomic E-state index is 5.25. The van der Waals surface area contributed by atoms with Gasteiger partial charge in [-0.3, -0.25) is 0 Å². The van der Waals surface area contributed by atoms with Crippen LogP contribution in [-0.2, 0) is 4.74 Å². The maximum absolute atomic E-state index is 5.25. The Labute approximate surface area is 55.2 Å². The number of hydrogen-bond donors (Lipinski definition) is 1. The molecule has 3 nitrogen and oxygen atoms in total. The zero-order valence-electron chi connectivity index (χ0n) is 6.01. The highest BCUT2D eigenvalue weighted by molar-refractivity contribution is 5.77. The van der Waals surface area contributed by atoms with Crippen molar-refractivity contribution in [2.24, 2.45) is 10.7 Å². The highest BCUT2D eigenvalue weighted by atomic mass is 16.5. The van der Waals surface area contributed by atoms with Crippen molar-refractivity contribution >= 4 is 5.84 Å². The van der Waals surface area contributed by atoms with Gasteiger partial charge in [0.2, 0.25) is 0 Å². The normalized spacial score (nSPS) is 13.7. The van der Waals surface area contributed by atoms with Crippen LogP contribution in [0.25, 0.3) is 0 Å². The van der Waals surface area contributed by atoms with E-state index < -0.39 is 0 Å². The predicted molar refractivity (Wildman–Crippen MR) is 38.1 cm³/mol. The molecule has 0 atom stereocenters. The summed E-state index contributed by atoms with van der Waals surface area (Å²) in [6, 6.07) is 0. The number of aliphatic imine (C=N–C) groups is 1. The third kappa shape index (κ3) is 4.87. The van der Waals surface area contributed by atoms with Crippen LogP contribution < -0.4 is 5.73 Å². The maximum Gasteiger partial charge on any atom is 0.111 e. The number of nitrogens with zero attached hydrogens (tertiary/aromatic N) is 1. The van der Waals surface area contributed by atoms with Gasteiger partial charge in [0.25, 0.3) is 0 Å². The Balaban J connectivity index is 3.83. The summed E-state index contributed by atoms with van der Waals surface area (Å²) in [5, 5.41) is 0. The summed E-state index contributed by atoms with van der Waals surface area (Å²) in [6.07, 6.45) is 1.58. The van der Waals surface area contributed by atoms with Crippen LogP contribution in [0.4, 0.5) is 0 Å². The van der Waals surface area contributed by atoms with Crippen LogP contribution in [-0.4, -0.2) is 12.9 Å². The van der Waals surface area contributed by atoms with Gasteiger partial charge < -0.3 is 10.5 Å².